The molecule has 1 atom stereocenters. The van der Waals surface area contributed by atoms with Gasteiger partial charge in [0, 0.05) is 25.9 Å². The molecule has 2 rings (SSSR count). The molecule has 0 aliphatic carbocycles. The zero-order chi connectivity index (χ0) is 12.6. The fourth-order valence-corrected chi connectivity index (χ4v) is 3.40. The predicted molar refractivity (Wildman–Crippen MR) is 70.8 cm³/mol. The van der Waals surface area contributed by atoms with E-state index in [1.165, 1.54) is 23.5 Å². The summed E-state index contributed by atoms with van der Waals surface area (Å²) in [5, 5.41) is -0.592. The molecule has 17 heavy (non-hydrogen) atoms. The lowest BCUT2D eigenvalue weighted by Gasteiger charge is -2.08. The van der Waals surface area contributed by atoms with Gasteiger partial charge in [-0.15, -0.1) is 22.9 Å². The first kappa shape index (κ1) is 13.0. The molecule has 0 amide bonds. The Hall–Kier alpha value is -0.450. The third kappa shape index (κ3) is 2.69. The average molecular weight is 338 g/mol. The summed E-state index contributed by atoms with van der Waals surface area (Å²) in [5.74, 6) is -1.22. The van der Waals surface area contributed by atoms with E-state index in [0.29, 0.717) is 5.56 Å². The Labute approximate surface area is 115 Å². The van der Waals surface area contributed by atoms with Gasteiger partial charge in [-0.2, -0.15) is 0 Å². The standard InChI is InChI=1S/C12H8BrClF2S/c1-6-9(13)5-11(17-6)12(14)8-3-2-7(15)4-10(8)16/h2-5,12H,1H3. The van der Waals surface area contributed by atoms with Gasteiger partial charge < -0.3 is 0 Å². The highest BCUT2D eigenvalue weighted by molar-refractivity contribution is 9.10. The van der Waals surface area contributed by atoms with Crippen LogP contribution in [0.25, 0.3) is 0 Å². The van der Waals surface area contributed by atoms with E-state index in [9.17, 15) is 8.78 Å². The Morgan fingerprint density at radius 2 is 2.00 bits per heavy atom. The molecule has 0 spiro atoms. The highest BCUT2D eigenvalue weighted by Crippen LogP contribution is 2.38. The number of halogens is 4. The van der Waals surface area contributed by atoms with Crippen molar-refractivity contribution in [2.45, 2.75) is 12.3 Å². The minimum Gasteiger partial charge on any atom is -0.207 e. The highest BCUT2D eigenvalue weighted by Gasteiger charge is 2.18. The second-order valence-electron chi connectivity index (χ2n) is 3.58. The third-order valence-corrected chi connectivity index (χ3v) is 5.16. The maximum absolute atomic E-state index is 13.6. The first-order chi connectivity index (χ1) is 7.99. The number of rotatable bonds is 2. The van der Waals surface area contributed by atoms with Crippen molar-refractivity contribution in [3.63, 3.8) is 0 Å². The summed E-state index contributed by atoms with van der Waals surface area (Å²) < 4.78 is 27.3. The van der Waals surface area contributed by atoms with Crippen molar-refractivity contribution < 1.29 is 8.78 Å². The van der Waals surface area contributed by atoms with Gasteiger partial charge in [0.1, 0.15) is 11.6 Å². The summed E-state index contributed by atoms with van der Waals surface area (Å²) in [7, 11) is 0. The largest absolute Gasteiger partial charge is 0.207 e. The van der Waals surface area contributed by atoms with Crippen LogP contribution in [0, 0.1) is 18.6 Å². The van der Waals surface area contributed by atoms with E-state index in [-0.39, 0.29) is 0 Å². The van der Waals surface area contributed by atoms with Gasteiger partial charge in [0.25, 0.3) is 0 Å². The van der Waals surface area contributed by atoms with Crippen LogP contribution in [0.15, 0.2) is 28.7 Å². The van der Waals surface area contributed by atoms with Crippen molar-refractivity contribution in [1.82, 2.24) is 0 Å². The zero-order valence-electron chi connectivity index (χ0n) is 8.81. The Kier molecular flexibility index (Phi) is 3.85. The molecule has 1 aromatic heterocycles. The van der Waals surface area contributed by atoms with Gasteiger partial charge in [-0.3, -0.25) is 0 Å². The molecule has 0 bridgehead atoms. The van der Waals surface area contributed by atoms with Gasteiger partial charge in [-0.1, -0.05) is 6.07 Å². The molecule has 1 aromatic carbocycles. The lowest BCUT2D eigenvalue weighted by atomic mass is 10.1. The summed E-state index contributed by atoms with van der Waals surface area (Å²) in [6, 6.07) is 5.30. The van der Waals surface area contributed by atoms with Crippen LogP contribution in [0.1, 0.15) is 20.7 Å². The highest BCUT2D eigenvalue weighted by atomic mass is 79.9. The molecule has 1 heterocycles. The van der Waals surface area contributed by atoms with E-state index in [1.54, 1.807) is 0 Å². The molecule has 0 saturated carbocycles. The van der Waals surface area contributed by atoms with Crippen LogP contribution in [0.3, 0.4) is 0 Å². The van der Waals surface area contributed by atoms with Crippen LogP contribution in [0.2, 0.25) is 0 Å². The van der Waals surface area contributed by atoms with Crippen molar-refractivity contribution in [2.75, 3.05) is 0 Å². The molecule has 0 saturated heterocycles. The van der Waals surface area contributed by atoms with E-state index in [0.717, 1.165) is 20.3 Å². The number of hydrogen-bond donors (Lipinski definition) is 0. The molecule has 1 unspecified atom stereocenters. The van der Waals surface area contributed by atoms with Crippen molar-refractivity contribution in [1.29, 1.82) is 0 Å². The Morgan fingerprint density at radius 3 is 2.53 bits per heavy atom. The van der Waals surface area contributed by atoms with E-state index < -0.39 is 17.0 Å². The number of aryl methyl sites for hydroxylation is 1. The van der Waals surface area contributed by atoms with E-state index in [1.807, 2.05) is 13.0 Å². The average Bonchev–Trinajstić information content (AvgIpc) is 2.58. The first-order valence-corrected chi connectivity index (χ1v) is 6.88. The van der Waals surface area contributed by atoms with Gasteiger partial charge >= 0.3 is 0 Å². The van der Waals surface area contributed by atoms with Gasteiger partial charge in [0.2, 0.25) is 0 Å². The molecule has 0 radical (unpaired) electrons. The second-order valence-corrected chi connectivity index (χ2v) is 6.16. The van der Waals surface area contributed by atoms with Gasteiger partial charge in [-0.25, -0.2) is 8.78 Å². The van der Waals surface area contributed by atoms with E-state index >= 15 is 0 Å². The molecular weight excluding hydrogens is 330 g/mol. The molecule has 0 aliphatic rings. The SMILES string of the molecule is Cc1sc(C(Cl)c2ccc(F)cc2F)cc1Br. The van der Waals surface area contributed by atoms with Crippen molar-refractivity contribution in [3.05, 3.63) is 55.7 Å². The summed E-state index contributed by atoms with van der Waals surface area (Å²) >= 11 is 11.1. The summed E-state index contributed by atoms with van der Waals surface area (Å²) in [6.45, 7) is 1.95. The van der Waals surface area contributed by atoms with Crippen LogP contribution < -0.4 is 0 Å². The van der Waals surface area contributed by atoms with Gasteiger partial charge in [0.05, 0.1) is 5.38 Å². The number of hydrogen-bond acceptors (Lipinski definition) is 1. The van der Waals surface area contributed by atoms with Crippen molar-refractivity contribution >= 4 is 38.9 Å². The topological polar surface area (TPSA) is 0 Å². The minimum absolute atomic E-state index is 0.293. The maximum atomic E-state index is 13.6. The van der Waals surface area contributed by atoms with Crippen LogP contribution in [-0.2, 0) is 0 Å². The maximum Gasteiger partial charge on any atom is 0.131 e. The van der Waals surface area contributed by atoms with Crippen LogP contribution in [-0.4, -0.2) is 0 Å². The fourth-order valence-electron chi connectivity index (χ4n) is 1.47. The summed E-state index contributed by atoms with van der Waals surface area (Å²) in [6.07, 6.45) is 0. The molecule has 0 nitrogen and oxygen atoms in total. The number of thiophene rings is 1. The Balaban J connectivity index is 2.39. The molecule has 0 fully saturated rings. The van der Waals surface area contributed by atoms with Crippen LogP contribution in [0.5, 0.6) is 0 Å². The van der Waals surface area contributed by atoms with Crippen LogP contribution in [0.4, 0.5) is 8.78 Å². The number of benzene rings is 1. The third-order valence-electron chi connectivity index (χ3n) is 2.36. The fraction of sp³-hybridized carbons (Fsp3) is 0.167. The predicted octanol–water partition coefficient (Wildman–Crippen LogP) is 5.43. The monoisotopic (exact) mass is 336 g/mol. The molecular formula is C12H8BrClF2S. The van der Waals surface area contributed by atoms with Crippen molar-refractivity contribution in [2.24, 2.45) is 0 Å². The molecule has 2 aromatic rings. The molecule has 5 heteroatoms. The van der Waals surface area contributed by atoms with E-state index in [4.69, 9.17) is 11.6 Å². The minimum atomic E-state index is -0.618. The lowest BCUT2D eigenvalue weighted by molar-refractivity contribution is 0.574. The quantitative estimate of drug-likeness (QED) is 0.641. The van der Waals surface area contributed by atoms with Crippen molar-refractivity contribution in [3.8, 4) is 0 Å². The second kappa shape index (κ2) is 5.04. The smallest absolute Gasteiger partial charge is 0.131 e. The van der Waals surface area contributed by atoms with E-state index in [2.05, 4.69) is 15.9 Å². The van der Waals surface area contributed by atoms with Gasteiger partial charge in [0.15, 0.2) is 0 Å². The summed E-state index contributed by atoms with van der Waals surface area (Å²) in [5.41, 5.74) is 0.293. The molecule has 90 valence electrons. The van der Waals surface area contributed by atoms with Gasteiger partial charge in [-0.05, 0) is 35.0 Å². The van der Waals surface area contributed by atoms with Crippen LogP contribution >= 0.6 is 38.9 Å². The Bertz CT molecular complexity index is 534. The number of alkyl halides is 1. The zero-order valence-corrected chi connectivity index (χ0v) is 12.0. The Morgan fingerprint density at radius 1 is 1.29 bits per heavy atom. The summed E-state index contributed by atoms with van der Waals surface area (Å²) in [4.78, 5) is 1.91. The normalized spacial score (nSPS) is 12.8. The molecule has 0 N–H and O–H groups in total. The first-order valence-electron chi connectivity index (χ1n) is 4.84. The molecule has 0 aliphatic heterocycles. The lowest BCUT2D eigenvalue weighted by Crippen LogP contribution is -1.95.